The summed E-state index contributed by atoms with van der Waals surface area (Å²) in [5, 5.41) is 2.66. The minimum absolute atomic E-state index is 0.296. The van der Waals surface area contributed by atoms with Crippen molar-refractivity contribution in [2.45, 2.75) is 6.92 Å². The molecular weight excluding hydrogens is 298 g/mol. The van der Waals surface area contributed by atoms with E-state index in [9.17, 15) is 9.59 Å². The van der Waals surface area contributed by atoms with Gasteiger partial charge in [-0.15, -0.1) is 0 Å². The summed E-state index contributed by atoms with van der Waals surface area (Å²) in [5.41, 5.74) is 1.07. The Morgan fingerprint density at radius 1 is 0.583 bits per heavy atom. The van der Waals surface area contributed by atoms with Gasteiger partial charge in [0.25, 0.3) is 11.1 Å². The van der Waals surface area contributed by atoms with Crippen LogP contribution < -0.4 is 11.1 Å². The predicted molar refractivity (Wildman–Crippen MR) is 98.1 cm³/mol. The van der Waals surface area contributed by atoms with Gasteiger partial charge in [-0.05, 0) is 42.0 Å². The fourth-order valence-electron chi connectivity index (χ4n) is 3.07. The SMILES string of the molecule is Cc1ccc(-n2c(=O)c3ccccc3c3ccccc3c2=O)cc1. The van der Waals surface area contributed by atoms with Gasteiger partial charge in [0.2, 0.25) is 0 Å². The minimum atomic E-state index is -0.296. The van der Waals surface area contributed by atoms with E-state index in [-0.39, 0.29) is 11.1 Å². The van der Waals surface area contributed by atoms with Crippen LogP contribution in [0.4, 0.5) is 0 Å². The lowest BCUT2D eigenvalue weighted by molar-refractivity contribution is 0.975. The zero-order valence-corrected chi connectivity index (χ0v) is 13.2. The molecule has 0 fully saturated rings. The molecule has 3 aromatic carbocycles. The Hall–Kier alpha value is -3.20. The van der Waals surface area contributed by atoms with E-state index in [4.69, 9.17) is 0 Å². The van der Waals surface area contributed by atoms with Crippen molar-refractivity contribution in [3.05, 3.63) is 99.1 Å². The van der Waals surface area contributed by atoms with Crippen LogP contribution in [0.5, 0.6) is 0 Å². The third-order valence-electron chi connectivity index (χ3n) is 4.30. The van der Waals surface area contributed by atoms with E-state index >= 15 is 0 Å². The molecule has 0 amide bonds. The van der Waals surface area contributed by atoms with Crippen LogP contribution in [0, 0.1) is 6.92 Å². The van der Waals surface area contributed by atoms with Crippen molar-refractivity contribution < 1.29 is 0 Å². The van der Waals surface area contributed by atoms with Gasteiger partial charge in [0.05, 0.1) is 5.69 Å². The summed E-state index contributed by atoms with van der Waals surface area (Å²) in [7, 11) is 0. The van der Waals surface area contributed by atoms with Crippen molar-refractivity contribution in [1.82, 2.24) is 4.57 Å². The van der Waals surface area contributed by atoms with Crippen LogP contribution in [0.15, 0.2) is 82.4 Å². The van der Waals surface area contributed by atoms with E-state index in [1.807, 2.05) is 67.6 Å². The third-order valence-corrected chi connectivity index (χ3v) is 4.30. The molecule has 0 saturated carbocycles. The lowest BCUT2D eigenvalue weighted by Gasteiger charge is -2.03. The van der Waals surface area contributed by atoms with Gasteiger partial charge in [0.1, 0.15) is 0 Å². The number of nitrogens with zero attached hydrogens (tertiary/aromatic N) is 1. The number of rotatable bonds is 1. The highest BCUT2D eigenvalue weighted by atomic mass is 16.2. The number of fused-ring (bicyclic) bond motifs is 3. The van der Waals surface area contributed by atoms with Gasteiger partial charge in [0, 0.05) is 10.8 Å². The fraction of sp³-hybridized carbons (Fsp3) is 0.0476. The highest BCUT2D eigenvalue weighted by Crippen LogP contribution is 2.20. The molecule has 0 aliphatic rings. The summed E-state index contributed by atoms with van der Waals surface area (Å²) >= 11 is 0. The maximum absolute atomic E-state index is 13.1. The Morgan fingerprint density at radius 2 is 1.00 bits per heavy atom. The molecule has 0 spiro atoms. The molecule has 0 unspecified atom stereocenters. The lowest BCUT2D eigenvalue weighted by atomic mass is 10.1. The zero-order chi connectivity index (χ0) is 16.7. The lowest BCUT2D eigenvalue weighted by Crippen LogP contribution is -2.28. The van der Waals surface area contributed by atoms with E-state index in [2.05, 4.69) is 0 Å². The first kappa shape index (κ1) is 14.4. The molecule has 0 aliphatic heterocycles. The van der Waals surface area contributed by atoms with Gasteiger partial charge in [0.15, 0.2) is 0 Å². The first-order valence-corrected chi connectivity index (χ1v) is 7.81. The Kier molecular flexibility index (Phi) is 3.28. The van der Waals surface area contributed by atoms with Crippen molar-refractivity contribution in [3.8, 4) is 5.69 Å². The summed E-state index contributed by atoms with van der Waals surface area (Å²) < 4.78 is 1.27. The van der Waals surface area contributed by atoms with E-state index in [1.165, 1.54) is 4.57 Å². The van der Waals surface area contributed by atoms with Crippen molar-refractivity contribution in [2.24, 2.45) is 0 Å². The highest BCUT2D eigenvalue weighted by Gasteiger charge is 2.11. The highest BCUT2D eigenvalue weighted by molar-refractivity contribution is 6.05. The van der Waals surface area contributed by atoms with Crippen molar-refractivity contribution in [3.63, 3.8) is 0 Å². The van der Waals surface area contributed by atoms with Crippen LogP contribution in [0.25, 0.3) is 27.2 Å². The van der Waals surface area contributed by atoms with Gasteiger partial charge in [-0.1, -0.05) is 54.1 Å². The summed E-state index contributed by atoms with van der Waals surface area (Å²) in [5.74, 6) is 0. The Balaban J connectivity index is 2.32. The number of aromatic nitrogens is 1. The maximum atomic E-state index is 13.1. The largest absolute Gasteiger partial charge is 0.268 e. The molecule has 0 bridgehead atoms. The van der Waals surface area contributed by atoms with Crippen molar-refractivity contribution in [2.75, 3.05) is 0 Å². The molecule has 1 aromatic heterocycles. The molecule has 24 heavy (non-hydrogen) atoms. The number of hydrogen-bond acceptors (Lipinski definition) is 2. The molecular formula is C21H15NO2. The normalized spacial score (nSPS) is 11.0. The van der Waals surface area contributed by atoms with Crippen molar-refractivity contribution >= 4 is 21.5 Å². The van der Waals surface area contributed by atoms with E-state index < -0.39 is 0 Å². The Morgan fingerprint density at radius 3 is 1.46 bits per heavy atom. The minimum Gasteiger partial charge on any atom is -0.268 e. The smallest absolute Gasteiger partial charge is 0.265 e. The summed E-state index contributed by atoms with van der Waals surface area (Å²) in [6, 6.07) is 22.1. The predicted octanol–water partition coefficient (Wildman–Crippen LogP) is 3.81. The van der Waals surface area contributed by atoms with Crippen LogP contribution in [0.2, 0.25) is 0 Å². The summed E-state index contributed by atoms with van der Waals surface area (Å²) in [4.78, 5) is 26.2. The number of aryl methyl sites for hydroxylation is 1. The number of benzene rings is 3. The molecule has 0 atom stereocenters. The van der Waals surface area contributed by atoms with Crippen LogP contribution >= 0.6 is 0 Å². The monoisotopic (exact) mass is 313 g/mol. The molecule has 4 rings (SSSR count). The summed E-state index contributed by atoms with van der Waals surface area (Å²) in [6.45, 7) is 1.97. The molecule has 3 heteroatoms. The van der Waals surface area contributed by atoms with Gasteiger partial charge in [-0.2, -0.15) is 0 Å². The summed E-state index contributed by atoms with van der Waals surface area (Å²) in [6.07, 6.45) is 0. The maximum Gasteiger partial charge on any atom is 0.265 e. The molecule has 1 heterocycles. The van der Waals surface area contributed by atoms with E-state index in [0.717, 1.165) is 16.3 Å². The van der Waals surface area contributed by atoms with Gasteiger partial charge >= 0.3 is 0 Å². The molecule has 4 aromatic rings. The quantitative estimate of drug-likeness (QED) is 0.536. The third kappa shape index (κ3) is 2.14. The Bertz CT molecular complexity index is 1120. The molecule has 0 radical (unpaired) electrons. The average molecular weight is 313 g/mol. The molecule has 0 N–H and O–H groups in total. The van der Waals surface area contributed by atoms with E-state index in [1.54, 1.807) is 12.1 Å². The number of hydrogen-bond donors (Lipinski definition) is 0. The zero-order valence-electron chi connectivity index (χ0n) is 13.2. The fourth-order valence-corrected chi connectivity index (χ4v) is 3.07. The first-order valence-electron chi connectivity index (χ1n) is 7.81. The molecule has 3 nitrogen and oxygen atoms in total. The van der Waals surface area contributed by atoms with Gasteiger partial charge in [-0.25, -0.2) is 4.57 Å². The second-order valence-corrected chi connectivity index (χ2v) is 5.87. The van der Waals surface area contributed by atoms with Gasteiger partial charge in [-0.3, -0.25) is 9.59 Å². The van der Waals surface area contributed by atoms with Crippen LogP contribution in [-0.4, -0.2) is 4.57 Å². The van der Waals surface area contributed by atoms with Crippen molar-refractivity contribution in [1.29, 1.82) is 0 Å². The van der Waals surface area contributed by atoms with Crippen LogP contribution in [0.3, 0.4) is 0 Å². The first-order chi connectivity index (χ1) is 11.7. The molecule has 116 valence electrons. The molecule has 0 aliphatic carbocycles. The topological polar surface area (TPSA) is 39.1 Å². The van der Waals surface area contributed by atoms with Crippen LogP contribution in [0.1, 0.15) is 5.56 Å². The molecule has 0 saturated heterocycles. The van der Waals surface area contributed by atoms with Crippen LogP contribution in [-0.2, 0) is 0 Å². The Labute approximate surface area is 138 Å². The standard InChI is InChI=1S/C21H15NO2/c1-14-10-12-15(13-11-14)22-20(23)18-8-4-2-6-16(18)17-7-3-5-9-19(17)21(22)24/h2-13H,1H3. The van der Waals surface area contributed by atoms with E-state index in [0.29, 0.717) is 16.5 Å². The second kappa shape index (κ2) is 5.46. The average Bonchev–Trinajstić information content (AvgIpc) is 2.71. The second-order valence-electron chi connectivity index (χ2n) is 5.87. The van der Waals surface area contributed by atoms with Gasteiger partial charge < -0.3 is 0 Å².